The molecule has 0 bridgehead atoms. The Balaban J connectivity index is 1.29. The molecular formula is C58H86O16. The highest BCUT2D eigenvalue weighted by Gasteiger charge is 2.50. The second kappa shape index (κ2) is 28.0. The maximum absolute atomic E-state index is 13.4. The Bertz CT molecular complexity index is 2220. The number of carbonyl (C=O) groups is 1. The zero-order valence-electron chi connectivity index (χ0n) is 45.5. The fraction of sp³-hybridized carbons (Fsp3) is 0.603. The van der Waals surface area contributed by atoms with Crippen molar-refractivity contribution in [2.75, 3.05) is 0 Å². The molecule has 0 unspecified atom stereocenters. The summed E-state index contributed by atoms with van der Waals surface area (Å²) in [5.41, 5.74) is 4.93. The third-order valence-electron chi connectivity index (χ3n) is 14.0. The van der Waals surface area contributed by atoms with Gasteiger partial charge < -0.3 is 74.4 Å². The van der Waals surface area contributed by atoms with Crippen LogP contribution in [-0.4, -0.2) is 162 Å². The number of hydrogen-bond donors (Lipinski definition) is 9. The van der Waals surface area contributed by atoms with Gasteiger partial charge in [0.15, 0.2) is 24.7 Å². The number of carbonyl (C=O) groups excluding carboxylic acids is 1. The molecule has 414 valence electrons. The van der Waals surface area contributed by atoms with E-state index in [0.717, 1.165) is 33.4 Å². The molecule has 1 aliphatic carbocycles. The number of allylic oxidation sites excluding steroid dienone is 21. The van der Waals surface area contributed by atoms with E-state index in [1.165, 1.54) is 0 Å². The van der Waals surface area contributed by atoms with Crippen molar-refractivity contribution in [2.45, 2.75) is 219 Å². The Morgan fingerprint density at radius 1 is 0.595 bits per heavy atom. The first kappa shape index (κ1) is 62.7. The van der Waals surface area contributed by atoms with Gasteiger partial charge in [0, 0.05) is 0 Å². The standard InChI is InChI=1S/C58H86O16/c1-32(19-14-15-20-33(2)22-17-25-35(4)27-29-41-37(6)44(59)42(31-57(41,10)11)72-54-51(66)48(63)45(60)38(7)69-54)21-16-23-34(3)24-18-26-36(5)28-30-43(73-55-52(67)49(64)46(61)39(8)70-55)58(12,13)74-56-53(68)50(65)47(62)40(9)71-56/h14-27,29,38-40,42-43,45-56,60-68H,28,30-31H2,1-13H3/b15-14+,21-16+,22-17+,24-18+,29-27+,32-19+,33-20+,34-23+,35-25+,36-26+/t38-,39-,40-,42-,43+,45+,46+,47+,48+,49+,50+,51-,52-,53-,54+,55+,56+/m1/s1. The van der Waals surface area contributed by atoms with Crippen LogP contribution in [0, 0.1) is 5.41 Å². The molecule has 0 aromatic heterocycles. The summed E-state index contributed by atoms with van der Waals surface area (Å²) >= 11 is 0. The van der Waals surface area contributed by atoms with Gasteiger partial charge in [-0.25, -0.2) is 0 Å². The Morgan fingerprint density at radius 2 is 1.00 bits per heavy atom. The minimum absolute atomic E-state index is 0.212. The Labute approximate surface area is 438 Å². The highest BCUT2D eigenvalue weighted by atomic mass is 16.7. The quantitative estimate of drug-likeness (QED) is 0.0669. The van der Waals surface area contributed by atoms with Crippen LogP contribution in [-0.2, 0) is 33.2 Å². The van der Waals surface area contributed by atoms with Crippen LogP contribution in [0.4, 0.5) is 0 Å². The van der Waals surface area contributed by atoms with Gasteiger partial charge in [-0.3, -0.25) is 4.79 Å². The fourth-order valence-electron chi connectivity index (χ4n) is 9.01. The monoisotopic (exact) mass is 1040 g/mol. The van der Waals surface area contributed by atoms with E-state index in [4.69, 9.17) is 28.4 Å². The normalized spacial score (nSPS) is 36.2. The molecule has 9 N–H and O–H groups in total. The molecule has 0 aromatic rings. The fourth-order valence-corrected chi connectivity index (χ4v) is 9.01. The van der Waals surface area contributed by atoms with Gasteiger partial charge in [0.25, 0.3) is 0 Å². The van der Waals surface area contributed by atoms with Gasteiger partial charge in [-0.1, -0.05) is 133 Å². The molecule has 0 spiro atoms. The van der Waals surface area contributed by atoms with E-state index in [1.54, 1.807) is 41.5 Å². The van der Waals surface area contributed by atoms with Gasteiger partial charge in [0.05, 0.1) is 30.0 Å². The average molecular weight is 1040 g/mol. The predicted octanol–water partition coefficient (Wildman–Crippen LogP) is 5.64. The first-order valence-electron chi connectivity index (χ1n) is 25.6. The lowest BCUT2D eigenvalue weighted by Gasteiger charge is -2.46. The van der Waals surface area contributed by atoms with Crippen LogP contribution in [0.25, 0.3) is 0 Å². The number of ketones is 1. The Kier molecular flexibility index (Phi) is 23.8. The molecule has 0 aromatic carbocycles. The SMILES string of the molecule is CC1=C(/C=C/C(C)=C/C=C/C(C)=C/C=C/C=C(C)/C=C/C=C(C)/C=C/C=C(\C)CC[C@H](O[C@@H]2O[C@H](C)[C@H](O)[C@H](O)[C@H]2O)C(C)(C)O[C@@H]2O[C@H](C)[C@H](O)[C@H](O)[C@H]2O)C(C)(C)C[C@@H](O[C@@H]2O[C@H](C)[C@H](O)[C@H](O)[C@H]2O)C1=O. The second-order valence-electron chi connectivity index (χ2n) is 21.5. The van der Waals surface area contributed by atoms with Crippen LogP contribution < -0.4 is 0 Å². The highest BCUT2D eigenvalue weighted by molar-refractivity contribution is 6.00. The summed E-state index contributed by atoms with van der Waals surface area (Å²) in [6.45, 7) is 23.9. The van der Waals surface area contributed by atoms with Crippen LogP contribution in [0.1, 0.15) is 109 Å². The number of hydrogen-bond acceptors (Lipinski definition) is 16. The Morgan fingerprint density at radius 3 is 1.50 bits per heavy atom. The third kappa shape index (κ3) is 17.4. The summed E-state index contributed by atoms with van der Waals surface area (Å²) in [5.74, 6) is -0.212. The molecule has 16 nitrogen and oxygen atoms in total. The minimum atomic E-state index is -1.55. The number of Topliss-reactive ketones (excluding diaryl/α,β-unsaturated/α-hetero) is 1. The van der Waals surface area contributed by atoms with Gasteiger partial charge in [-0.05, 0) is 112 Å². The largest absolute Gasteiger partial charge is 0.388 e. The molecule has 3 saturated heterocycles. The van der Waals surface area contributed by atoms with Gasteiger partial charge >= 0.3 is 0 Å². The summed E-state index contributed by atoms with van der Waals surface area (Å²) in [5, 5.41) is 93.4. The highest BCUT2D eigenvalue weighted by Crippen LogP contribution is 2.42. The topological polar surface area (TPSA) is 255 Å². The number of aliphatic hydroxyl groups excluding tert-OH is 9. The summed E-state index contributed by atoms with van der Waals surface area (Å²) in [6.07, 6.45) is 10.2. The smallest absolute Gasteiger partial charge is 0.187 e. The molecule has 74 heavy (non-hydrogen) atoms. The van der Waals surface area contributed by atoms with E-state index in [0.29, 0.717) is 24.8 Å². The maximum atomic E-state index is 13.4. The van der Waals surface area contributed by atoms with E-state index < -0.39 is 115 Å². The van der Waals surface area contributed by atoms with Crippen molar-refractivity contribution in [3.8, 4) is 0 Å². The molecule has 4 aliphatic rings. The van der Waals surface area contributed by atoms with E-state index in [-0.39, 0.29) is 5.78 Å². The van der Waals surface area contributed by atoms with Gasteiger partial charge in [0.1, 0.15) is 61.0 Å². The average Bonchev–Trinajstić information content (AvgIpc) is 3.33. The molecule has 3 aliphatic heterocycles. The van der Waals surface area contributed by atoms with E-state index >= 15 is 0 Å². The van der Waals surface area contributed by atoms with E-state index in [1.807, 2.05) is 140 Å². The van der Waals surface area contributed by atoms with Gasteiger partial charge in [-0.15, -0.1) is 0 Å². The van der Waals surface area contributed by atoms with Gasteiger partial charge in [0.2, 0.25) is 0 Å². The molecule has 3 fully saturated rings. The van der Waals surface area contributed by atoms with Crippen LogP contribution in [0.2, 0.25) is 0 Å². The van der Waals surface area contributed by atoms with Crippen LogP contribution in [0.3, 0.4) is 0 Å². The minimum Gasteiger partial charge on any atom is -0.388 e. The third-order valence-corrected chi connectivity index (χ3v) is 14.0. The predicted molar refractivity (Wildman–Crippen MR) is 282 cm³/mol. The number of rotatable bonds is 20. The summed E-state index contributed by atoms with van der Waals surface area (Å²) in [4.78, 5) is 13.4. The summed E-state index contributed by atoms with van der Waals surface area (Å²) in [7, 11) is 0. The zero-order chi connectivity index (χ0) is 55.4. The first-order valence-corrected chi connectivity index (χ1v) is 25.6. The lowest BCUT2D eigenvalue weighted by molar-refractivity contribution is -0.350. The molecule has 0 radical (unpaired) electrons. The van der Waals surface area contributed by atoms with Crippen molar-refractivity contribution in [3.05, 3.63) is 130 Å². The molecule has 4 rings (SSSR count). The van der Waals surface area contributed by atoms with Crippen molar-refractivity contribution < 1.29 is 79.2 Å². The van der Waals surface area contributed by atoms with Crippen LogP contribution in [0.5, 0.6) is 0 Å². The molecule has 3 heterocycles. The van der Waals surface area contributed by atoms with Crippen LogP contribution >= 0.6 is 0 Å². The van der Waals surface area contributed by atoms with Crippen molar-refractivity contribution >= 4 is 5.78 Å². The lowest BCUT2D eigenvalue weighted by atomic mass is 9.71. The second-order valence-corrected chi connectivity index (χ2v) is 21.5. The van der Waals surface area contributed by atoms with Crippen molar-refractivity contribution in [2.24, 2.45) is 5.41 Å². The van der Waals surface area contributed by atoms with E-state index in [9.17, 15) is 50.8 Å². The van der Waals surface area contributed by atoms with Crippen LogP contribution in [0.15, 0.2) is 130 Å². The molecule has 0 saturated carbocycles. The lowest BCUT2D eigenvalue weighted by Crippen LogP contribution is -2.61. The number of ether oxygens (including phenoxy) is 6. The van der Waals surface area contributed by atoms with Crippen molar-refractivity contribution in [3.63, 3.8) is 0 Å². The molecule has 16 heteroatoms. The molecular weight excluding hydrogens is 953 g/mol. The molecule has 0 amide bonds. The summed E-state index contributed by atoms with van der Waals surface area (Å²) in [6, 6.07) is 0. The number of aliphatic hydroxyl groups is 9. The Hall–Kier alpha value is -3.79. The maximum Gasteiger partial charge on any atom is 0.187 e. The van der Waals surface area contributed by atoms with Crippen molar-refractivity contribution in [1.29, 1.82) is 0 Å². The van der Waals surface area contributed by atoms with Crippen molar-refractivity contribution in [1.82, 2.24) is 0 Å². The zero-order valence-corrected chi connectivity index (χ0v) is 45.5. The molecule has 17 atom stereocenters. The van der Waals surface area contributed by atoms with E-state index in [2.05, 4.69) is 0 Å². The first-order chi connectivity index (χ1) is 34.6. The summed E-state index contributed by atoms with van der Waals surface area (Å²) < 4.78 is 35.4. The van der Waals surface area contributed by atoms with Gasteiger partial charge in [-0.2, -0.15) is 0 Å².